The lowest BCUT2D eigenvalue weighted by molar-refractivity contribution is 0.100. The third-order valence-corrected chi connectivity index (χ3v) is 2.69. The van der Waals surface area contributed by atoms with Crippen LogP contribution >= 0.6 is 46.4 Å². The van der Waals surface area contributed by atoms with E-state index in [2.05, 4.69) is 0 Å². The zero-order valence-electron chi connectivity index (χ0n) is 6.53. The smallest absolute Gasteiger partial charge is 0.200 e. The van der Waals surface area contributed by atoms with Crippen LogP contribution in [0.3, 0.4) is 0 Å². The van der Waals surface area contributed by atoms with Crippen molar-refractivity contribution in [3.8, 4) is 0 Å². The van der Waals surface area contributed by atoms with E-state index in [9.17, 15) is 9.18 Å². The van der Waals surface area contributed by atoms with Crippen LogP contribution in [0.15, 0.2) is 12.1 Å². The van der Waals surface area contributed by atoms with Gasteiger partial charge in [0.05, 0.1) is 15.6 Å². The lowest BCUT2D eigenvalue weighted by Gasteiger charge is -2.06. The van der Waals surface area contributed by atoms with E-state index in [1.807, 2.05) is 0 Å². The fraction of sp³-hybridized carbons (Fsp3) is 0.125. The fourth-order valence-electron chi connectivity index (χ4n) is 0.862. The first-order valence-corrected chi connectivity index (χ1v) is 5.04. The highest BCUT2D eigenvalue weighted by molar-refractivity contribution is 6.56. The summed E-state index contributed by atoms with van der Waals surface area (Å²) in [5, 5.41) is -0.103. The zero-order chi connectivity index (χ0) is 10.9. The van der Waals surface area contributed by atoms with Crippen LogP contribution in [0, 0.1) is 5.82 Å². The SMILES string of the molecule is O=C(c1c(F)ccc(Cl)c1Cl)C(Cl)Cl. The predicted octanol–water partition coefficient (Wildman–Crippen LogP) is 4.12. The second kappa shape index (κ2) is 4.67. The average Bonchev–Trinajstić information content (AvgIpc) is 2.12. The molecule has 0 bridgehead atoms. The lowest BCUT2D eigenvalue weighted by atomic mass is 10.1. The molecule has 0 saturated carbocycles. The molecule has 0 unspecified atom stereocenters. The molecule has 0 heterocycles. The average molecular weight is 276 g/mol. The van der Waals surface area contributed by atoms with Gasteiger partial charge in [0.2, 0.25) is 0 Å². The molecular formula is C8H3Cl4FO. The summed E-state index contributed by atoms with van der Waals surface area (Å²) in [5.74, 6) is -1.60. The number of halogens is 5. The van der Waals surface area contributed by atoms with Gasteiger partial charge in [-0.05, 0) is 12.1 Å². The molecule has 1 rings (SSSR count). The van der Waals surface area contributed by atoms with Gasteiger partial charge >= 0.3 is 0 Å². The van der Waals surface area contributed by atoms with Crippen LogP contribution < -0.4 is 0 Å². The van der Waals surface area contributed by atoms with Crippen molar-refractivity contribution in [1.29, 1.82) is 0 Å². The van der Waals surface area contributed by atoms with Gasteiger partial charge in [0.15, 0.2) is 10.6 Å². The van der Waals surface area contributed by atoms with Crippen molar-refractivity contribution in [2.75, 3.05) is 0 Å². The summed E-state index contributed by atoms with van der Waals surface area (Å²) in [6.07, 6.45) is 0. The van der Waals surface area contributed by atoms with Crippen LogP contribution in [0.4, 0.5) is 4.39 Å². The monoisotopic (exact) mass is 274 g/mol. The van der Waals surface area contributed by atoms with Crippen LogP contribution in [-0.2, 0) is 0 Å². The molecule has 1 aromatic carbocycles. The summed E-state index contributed by atoms with van der Waals surface area (Å²) in [5.41, 5.74) is -0.380. The molecule has 0 amide bonds. The van der Waals surface area contributed by atoms with Crippen molar-refractivity contribution in [2.45, 2.75) is 4.84 Å². The first kappa shape index (κ1) is 12.1. The molecule has 0 aromatic heterocycles. The second-order valence-corrected chi connectivity index (χ2v) is 4.26. The molecule has 14 heavy (non-hydrogen) atoms. The minimum Gasteiger partial charge on any atom is -0.291 e. The van der Waals surface area contributed by atoms with Gasteiger partial charge in [-0.2, -0.15) is 0 Å². The van der Waals surface area contributed by atoms with Gasteiger partial charge < -0.3 is 0 Å². The van der Waals surface area contributed by atoms with E-state index in [0.717, 1.165) is 6.07 Å². The standard InChI is InChI=1S/C8H3Cl4FO/c9-3-1-2-4(13)5(6(3)10)7(14)8(11)12/h1-2,8H. The Morgan fingerprint density at radius 3 is 2.36 bits per heavy atom. The number of rotatable bonds is 2. The molecule has 0 aliphatic carbocycles. The summed E-state index contributed by atoms with van der Waals surface area (Å²) in [6.45, 7) is 0. The summed E-state index contributed by atoms with van der Waals surface area (Å²) in [7, 11) is 0. The molecule has 0 aliphatic heterocycles. The number of ketones is 1. The highest BCUT2D eigenvalue weighted by Gasteiger charge is 2.23. The van der Waals surface area contributed by atoms with Crippen LogP contribution in [0.1, 0.15) is 10.4 Å². The van der Waals surface area contributed by atoms with Crippen LogP contribution in [0.2, 0.25) is 10.0 Å². The molecule has 0 aliphatic rings. The topological polar surface area (TPSA) is 17.1 Å². The normalized spacial score (nSPS) is 10.7. The van der Waals surface area contributed by atoms with E-state index in [1.165, 1.54) is 6.07 Å². The van der Waals surface area contributed by atoms with Crippen molar-refractivity contribution in [1.82, 2.24) is 0 Å². The molecule has 0 atom stereocenters. The van der Waals surface area contributed by atoms with Gasteiger partial charge in [-0.25, -0.2) is 4.39 Å². The van der Waals surface area contributed by atoms with Crippen molar-refractivity contribution in [3.63, 3.8) is 0 Å². The summed E-state index contributed by atoms with van der Waals surface area (Å²) in [6, 6.07) is 2.27. The summed E-state index contributed by atoms with van der Waals surface area (Å²) in [4.78, 5) is 9.93. The Morgan fingerprint density at radius 2 is 1.86 bits per heavy atom. The largest absolute Gasteiger partial charge is 0.291 e. The molecule has 76 valence electrons. The molecule has 1 nitrogen and oxygen atoms in total. The molecule has 1 aromatic rings. The van der Waals surface area contributed by atoms with E-state index in [1.54, 1.807) is 0 Å². The number of Topliss-reactive ketones (excluding diaryl/α,β-unsaturated/α-hetero) is 1. The highest BCUT2D eigenvalue weighted by atomic mass is 35.5. The third-order valence-electron chi connectivity index (χ3n) is 1.49. The minimum absolute atomic E-state index is 0.0744. The van der Waals surface area contributed by atoms with Gasteiger partial charge in [-0.3, -0.25) is 4.79 Å². The number of carbonyl (C=O) groups excluding carboxylic acids is 1. The van der Waals surface area contributed by atoms with Crippen LogP contribution in [0.25, 0.3) is 0 Å². The van der Waals surface area contributed by atoms with E-state index < -0.39 is 16.4 Å². The fourth-order valence-corrected chi connectivity index (χ4v) is 1.48. The first-order chi connectivity index (χ1) is 6.45. The Kier molecular flexibility index (Phi) is 4.02. The number of carbonyl (C=O) groups is 1. The van der Waals surface area contributed by atoms with E-state index >= 15 is 0 Å². The van der Waals surface area contributed by atoms with Gasteiger partial charge in [0.25, 0.3) is 0 Å². The van der Waals surface area contributed by atoms with Gasteiger partial charge in [-0.1, -0.05) is 46.4 Å². The van der Waals surface area contributed by atoms with Gasteiger partial charge in [0, 0.05) is 0 Å². The van der Waals surface area contributed by atoms with Crippen LogP contribution in [0.5, 0.6) is 0 Å². The van der Waals surface area contributed by atoms with Crippen molar-refractivity contribution in [2.24, 2.45) is 0 Å². The van der Waals surface area contributed by atoms with Gasteiger partial charge in [0.1, 0.15) is 5.82 Å². The summed E-state index contributed by atoms with van der Waals surface area (Å²) < 4.78 is 13.2. The second-order valence-electron chi connectivity index (χ2n) is 2.38. The van der Waals surface area contributed by atoms with Crippen molar-refractivity contribution < 1.29 is 9.18 Å². The minimum atomic E-state index is -1.36. The first-order valence-electron chi connectivity index (χ1n) is 3.41. The van der Waals surface area contributed by atoms with E-state index in [-0.39, 0.29) is 15.6 Å². The molecule has 0 saturated heterocycles. The maximum Gasteiger partial charge on any atom is 0.200 e. The Hall–Kier alpha value is -0.0200. The third kappa shape index (κ3) is 2.31. The van der Waals surface area contributed by atoms with Crippen LogP contribution in [-0.4, -0.2) is 10.6 Å². The number of benzene rings is 1. The van der Waals surface area contributed by atoms with Crippen molar-refractivity contribution in [3.05, 3.63) is 33.6 Å². The lowest BCUT2D eigenvalue weighted by Crippen LogP contribution is -2.11. The number of hydrogen-bond acceptors (Lipinski definition) is 1. The summed E-state index contributed by atoms with van der Waals surface area (Å²) >= 11 is 21.8. The molecule has 0 radical (unpaired) electrons. The highest BCUT2D eigenvalue weighted by Crippen LogP contribution is 2.30. The molecule has 0 fully saturated rings. The predicted molar refractivity (Wildman–Crippen MR) is 56.2 cm³/mol. The number of alkyl halides is 2. The van der Waals surface area contributed by atoms with E-state index in [0.29, 0.717) is 0 Å². The van der Waals surface area contributed by atoms with Crippen molar-refractivity contribution >= 4 is 52.2 Å². The Labute approximate surface area is 99.7 Å². The Balaban J connectivity index is 3.33. The Morgan fingerprint density at radius 1 is 1.29 bits per heavy atom. The molecular weight excluding hydrogens is 273 g/mol. The molecule has 0 N–H and O–H groups in total. The maximum absolute atomic E-state index is 13.2. The number of hydrogen-bond donors (Lipinski definition) is 0. The Bertz CT molecular complexity index is 378. The quantitative estimate of drug-likeness (QED) is 0.451. The van der Waals surface area contributed by atoms with E-state index in [4.69, 9.17) is 46.4 Å². The molecule has 6 heteroatoms. The zero-order valence-corrected chi connectivity index (χ0v) is 9.55. The van der Waals surface area contributed by atoms with Gasteiger partial charge in [-0.15, -0.1) is 0 Å². The maximum atomic E-state index is 13.2. The molecule has 0 spiro atoms.